The number of sulfonamides is 1. The van der Waals surface area contributed by atoms with E-state index in [1.165, 1.54) is 11.4 Å². The molecule has 0 unspecified atom stereocenters. The van der Waals surface area contributed by atoms with Crippen LogP contribution in [0, 0.1) is 0 Å². The Kier molecular flexibility index (Phi) is 6.88. The summed E-state index contributed by atoms with van der Waals surface area (Å²) >= 11 is 0. The number of carbonyl (C=O) groups is 1. The molecule has 3 aromatic rings. The Hall–Kier alpha value is -3.73. The fraction of sp³-hybridized carbons (Fsp3) is 0.333. The molecule has 4 rings (SSSR count). The third-order valence-electron chi connectivity index (χ3n) is 5.85. The monoisotopic (exact) mass is 500 g/mol. The zero-order valence-corrected chi connectivity index (χ0v) is 20.9. The molecule has 186 valence electrons. The maximum Gasteiger partial charge on any atom is 0.276 e. The highest BCUT2D eigenvalue weighted by Gasteiger charge is 2.28. The van der Waals surface area contributed by atoms with Gasteiger partial charge >= 0.3 is 0 Å². The number of ether oxygens (including phenoxy) is 3. The highest BCUT2D eigenvalue weighted by molar-refractivity contribution is 7.92. The summed E-state index contributed by atoms with van der Waals surface area (Å²) < 4.78 is 44.2. The van der Waals surface area contributed by atoms with E-state index >= 15 is 0 Å². The highest BCUT2D eigenvalue weighted by Crippen LogP contribution is 2.36. The first kappa shape index (κ1) is 24.4. The molecule has 0 radical (unpaired) electrons. The van der Waals surface area contributed by atoms with E-state index in [1.807, 2.05) is 12.1 Å². The molecule has 35 heavy (non-hydrogen) atoms. The molecule has 0 atom stereocenters. The van der Waals surface area contributed by atoms with Gasteiger partial charge in [0.25, 0.3) is 5.91 Å². The van der Waals surface area contributed by atoms with Gasteiger partial charge in [0.15, 0.2) is 17.2 Å². The molecule has 1 fully saturated rings. The summed E-state index contributed by atoms with van der Waals surface area (Å²) in [4.78, 5) is 13.0. The molecule has 0 bridgehead atoms. The number of anilines is 2. The van der Waals surface area contributed by atoms with Crippen molar-refractivity contribution in [3.63, 3.8) is 0 Å². The van der Waals surface area contributed by atoms with Crippen molar-refractivity contribution < 1.29 is 27.4 Å². The zero-order chi connectivity index (χ0) is 25.2. The van der Waals surface area contributed by atoms with Gasteiger partial charge in [-0.15, -0.1) is 0 Å². The Morgan fingerprint density at radius 1 is 0.943 bits per heavy atom. The number of hydrogen-bond donors (Lipinski definition) is 1. The van der Waals surface area contributed by atoms with Gasteiger partial charge in [0.1, 0.15) is 5.75 Å². The molecule has 2 heterocycles. The first-order valence-corrected chi connectivity index (χ1v) is 12.6. The Bertz CT molecular complexity index is 1350. The summed E-state index contributed by atoms with van der Waals surface area (Å²) in [6, 6.07) is 12.0. The van der Waals surface area contributed by atoms with Gasteiger partial charge in [0.05, 0.1) is 38.5 Å². The van der Waals surface area contributed by atoms with Crippen LogP contribution in [0.4, 0.5) is 11.4 Å². The van der Waals surface area contributed by atoms with Gasteiger partial charge in [0.2, 0.25) is 10.0 Å². The molecule has 1 amide bonds. The number of amides is 1. The lowest BCUT2D eigenvalue weighted by molar-refractivity contribution is 0.102. The molecule has 1 saturated heterocycles. The smallest absolute Gasteiger partial charge is 0.276 e. The molecule has 1 N–H and O–H groups in total. The normalized spacial score (nSPS) is 14.9. The minimum atomic E-state index is -3.44. The first-order valence-electron chi connectivity index (χ1n) is 11.0. The van der Waals surface area contributed by atoms with Crippen molar-refractivity contribution in [1.82, 2.24) is 9.78 Å². The van der Waals surface area contributed by atoms with Gasteiger partial charge in [-0.2, -0.15) is 5.10 Å². The van der Waals surface area contributed by atoms with Crippen LogP contribution in [0.2, 0.25) is 0 Å². The second-order valence-electron chi connectivity index (χ2n) is 8.04. The van der Waals surface area contributed by atoms with Gasteiger partial charge in [0, 0.05) is 24.8 Å². The van der Waals surface area contributed by atoms with Crippen LogP contribution in [0.5, 0.6) is 17.2 Å². The number of benzene rings is 2. The maximum absolute atomic E-state index is 13.0. The topological polar surface area (TPSA) is 112 Å². The standard InChI is InChI=1S/C24H28N4O6S/c1-27-19(16-7-9-22(33-3)23(13-16)34-4)15-18(26-27)24(29)25-17-8-10-21(32-2)20(14-17)28-11-5-6-12-35(28,30)31/h7-10,13-15H,5-6,11-12H2,1-4H3,(H,25,29). The van der Waals surface area contributed by atoms with E-state index in [2.05, 4.69) is 10.4 Å². The van der Waals surface area contributed by atoms with E-state index in [1.54, 1.807) is 56.3 Å². The molecule has 1 aliphatic rings. The SMILES string of the molecule is COc1ccc(-c2cc(C(=O)Nc3ccc(OC)c(N4CCCCS4(=O)=O)c3)nn2C)cc1OC. The molecular formula is C24H28N4O6S. The number of carbonyl (C=O) groups excluding carboxylic acids is 1. The van der Waals surface area contributed by atoms with Crippen LogP contribution in [0.25, 0.3) is 11.3 Å². The average molecular weight is 501 g/mol. The van der Waals surface area contributed by atoms with Crippen molar-refractivity contribution in [1.29, 1.82) is 0 Å². The number of aromatic nitrogens is 2. The van der Waals surface area contributed by atoms with Crippen LogP contribution in [-0.4, -0.2) is 57.7 Å². The summed E-state index contributed by atoms with van der Waals surface area (Å²) in [5, 5.41) is 7.16. The molecule has 1 aliphatic heterocycles. The number of aryl methyl sites for hydroxylation is 1. The first-order chi connectivity index (χ1) is 16.8. The average Bonchev–Trinajstić information content (AvgIpc) is 3.25. The van der Waals surface area contributed by atoms with Gasteiger partial charge in [-0.1, -0.05) is 0 Å². The largest absolute Gasteiger partial charge is 0.495 e. The van der Waals surface area contributed by atoms with Crippen molar-refractivity contribution in [2.24, 2.45) is 7.05 Å². The van der Waals surface area contributed by atoms with E-state index < -0.39 is 15.9 Å². The Balaban J connectivity index is 1.60. The maximum atomic E-state index is 13.0. The molecule has 0 saturated carbocycles. The predicted molar refractivity (Wildman–Crippen MR) is 133 cm³/mol. The minimum absolute atomic E-state index is 0.0829. The lowest BCUT2D eigenvalue weighted by atomic mass is 10.1. The Morgan fingerprint density at radius 2 is 1.66 bits per heavy atom. The van der Waals surface area contributed by atoms with Gasteiger partial charge < -0.3 is 19.5 Å². The number of nitrogens with zero attached hydrogens (tertiary/aromatic N) is 3. The van der Waals surface area contributed by atoms with Crippen LogP contribution in [0.1, 0.15) is 23.3 Å². The van der Waals surface area contributed by atoms with Crippen LogP contribution in [0.15, 0.2) is 42.5 Å². The molecule has 1 aromatic heterocycles. The number of nitrogens with one attached hydrogen (secondary N) is 1. The Labute approximate surface area is 204 Å². The van der Waals surface area contributed by atoms with E-state index in [4.69, 9.17) is 14.2 Å². The summed E-state index contributed by atoms with van der Waals surface area (Å²) in [5.74, 6) is 1.24. The number of methoxy groups -OCH3 is 3. The van der Waals surface area contributed by atoms with Crippen molar-refractivity contribution in [3.8, 4) is 28.5 Å². The molecule has 11 heteroatoms. The van der Waals surface area contributed by atoms with E-state index in [9.17, 15) is 13.2 Å². The van der Waals surface area contributed by atoms with Crippen LogP contribution < -0.4 is 23.8 Å². The highest BCUT2D eigenvalue weighted by atomic mass is 32.2. The zero-order valence-electron chi connectivity index (χ0n) is 20.1. The summed E-state index contributed by atoms with van der Waals surface area (Å²) in [6.45, 7) is 0.366. The molecule has 0 aliphatic carbocycles. The molecule has 0 spiro atoms. The van der Waals surface area contributed by atoms with Crippen LogP contribution in [-0.2, 0) is 17.1 Å². The lowest BCUT2D eigenvalue weighted by Crippen LogP contribution is -2.38. The lowest BCUT2D eigenvalue weighted by Gasteiger charge is -2.29. The van der Waals surface area contributed by atoms with Gasteiger partial charge in [-0.05, 0) is 55.3 Å². The minimum Gasteiger partial charge on any atom is -0.495 e. The fourth-order valence-corrected chi connectivity index (χ4v) is 5.70. The fourth-order valence-electron chi connectivity index (χ4n) is 4.06. The van der Waals surface area contributed by atoms with E-state index in [0.717, 1.165) is 12.0 Å². The number of rotatable bonds is 7. The molecular weight excluding hydrogens is 472 g/mol. The van der Waals surface area contributed by atoms with Crippen LogP contribution >= 0.6 is 0 Å². The van der Waals surface area contributed by atoms with Crippen molar-refractivity contribution in [3.05, 3.63) is 48.2 Å². The van der Waals surface area contributed by atoms with E-state index in [0.29, 0.717) is 47.3 Å². The third kappa shape index (κ3) is 4.90. The van der Waals surface area contributed by atoms with Crippen molar-refractivity contribution in [2.75, 3.05) is 43.2 Å². The third-order valence-corrected chi connectivity index (χ3v) is 7.70. The van der Waals surface area contributed by atoms with E-state index in [-0.39, 0.29) is 11.4 Å². The van der Waals surface area contributed by atoms with Gasteiger partial charge in [-0.3, -0.25) is 13.8 Å². The predicted octanol–water partition coefficient (Wildman–Crippen LogP) is 3.30. The van der Waals surface area contributed by atoms with Gasteiger partial charge in [-0.25, -0.2) is 8.42 Å². The second kappa shape index (κ2) is 9.87. The Morgan fingerprint density at radius 3 is 2.34 bits per heavy atom. The summed E-state index contributed by atoms with van der Waals surface area (Å²) in [6.07, 6.45) is 1.38. The summed E-state index contributed by atoms with van der Waals surface area (Å²) in [5.41, 5.74) is 2.56. The number of hydrogen-bond acceptors (Lipinski definition) is 7. The quantitative estimate of drug-likeness (QED) is 0.530. The molecule has 10 nitrogen and oxygen atoms in total. The second-order valence-corrected chi connectivity index (χ2v) is 10.1. The molecule has 2 aromatic carbocycles. The summed E-state index contributed by atoms with van der Waals surface area (Å²) in [7, 11) is 2.91. The van der Waals surface area contributed by atoms with Crippen LogP contribution in [0.3, 0.4) is 0 Å². The van der Waals surface area contributed by atoms with Crippen molar-refractivity contribution in [2.45, 2.75) is 12.8 Å². The van der Waals surface area contributed by atoms with Crippen molar-refractivity contribution >= 4 is 27.3 Å².